The van der Waals surface area contributed by atoms with E-state index < -0.39 is 47.7 Å². The molecule has 0 amide bonds. The number of thiazole rings is 1. The lowest BCUT2D eigenvalue weighted by Crippen LogP contribution is -2.57. The molecular weight excluding hydrogens is 615 g/mol. The van der Waals surface area contributed by atoms with Gasteiger partial charge < -0.3 is 18.9 Å². The largest absolute Gasteiger partial charge is 0.463 e. The Bertz CT molecular complexity index is 1330. The second-order valence-electron chi connectivity index (χ2n) is 8.22. The Morgan fingerprint density at radius 2 is 1.72 bits per heavy atom. The number of ether oxygens (including phenoxy) is 4. The summed E-state index contributed by atoms with van der Waals surface area (Å²) in [7, 11) is 0. The number of hydrogen-bond donors (Lipinski definition) is 0. The molecule has 4 rings (SSSR count). The third-order valence-electron chi connectivity index (χ3n) is 5.35. The number of esters is 3. The van der Waals surface area contributed by atoms with Crippen LogP contribution in [0.15, 0.2) is 34.8 Å². The van der Waals surface area contributed by atoms with Crippen LogP contribution in [0.25, 0.3) is 10.7 Å². The SMILES string of the molecule is CC(=O)OCC1O[C@H](Sc2cc(Cl)c(Cl)c(Cl)c2)C(OC(C)=O)[C@@H](n2cc(-c3nccs3)nn2)[C@H]1OC(C)=O. The summed E-state index contributed by atoms with van der Waals surface area (Å²) >= 11 is 21.1. The van der Waals surface area contributed by atoms with Crippen molar-refractivity contribution in [3.05, 3.63) is 45.0 Å². The molecule has 0 radical (unpaired) electrons. The second kappa shape index (κ2) is 12.8. The first-order valence-corrected chi connectivity index (χ1v) is 14.2. The molecule has 1 saturated heterocycles. The molecule has 0 aliphatic carbocycles. The zero-order valence-electron chi connectivity index (χ0n) is 20.6. The van der Waals surface area contributed by atoms with Crippen LogP contribution in [0, 0.1) is 0 Å². The number of carbonyl (C=O) groups excluding carboxylic acids is 3. The predicted molar refractivity (Wildman–Crippen MR) is 144 cm³/mol. The van der Waals surface area contributed by atoms with Crippen molar-refractivity contribution in [2.75, 3.05) is 6.61 Å². The highest BCUT2D eigenvalue weighted by Crippen LogP contribution is 2.43. The summed E-state index contributed by atoms with van der Waals surface area (Å²) in [6.07, 6.45) is 0.0948. The van der Waals surface area contributed by atoms with Crippen LogP contribution in [0.1, 0.15) is 26.8 Å². The summed E-state index contributed by atoms with van der Waals surface area (Å²) < 4.78 is 24.3. The van der Waals surface area contributed by atoms with E-state index in [0.717, 1.165) is 11.8 Å². The van der Waals surface area contributed by atoms with E-state index in [0.29, 0.717) is 15.6 Å². The first-order chi connectivity index (χ1) is 18.5. The molecular formula is C23H21Cl3N4O7S2. The topological polar surface area (TPSA) is 132 Å². The maximum absolute atomic E-state index is 12.3. The first-order valence-electron chi connectivity index (χ1n) is 11.3. The summed E-state index contributed by atoms with van der Waals surface area (Å²) in [5, 5.41) is 11.4. The third kappa shape index (κ3) is 7.21. The van der Waals surface area contributed by atoms with Crippen molar-refractivity contribution in [2.45, 2.75) is 55.5 Å². The smallest absolute Gasteiger partial charge is 0.303 e. The van der Waals surface area contributed by atoms with E-state index in [1.807, 2.05) is 0 Å². The van der Waals surface area contributed by atoms with Gasteiger partial charge in [0.15, 0.2) is 12.2 Å². The number of halogens is 3. The van der Waals surface area contributed by atoms with Crippen LogP contribution in [-0.2, 0) is 33.3 Å². The molecule has 1 fully saturated rings. The van der Waals surface area contributed by atoms with Gasteiger partial charge in [0.2, 0.25) is 0 Å². The van der Waals surface area contributed by atoms with E-state index in [-0.39, 0.29) is 21.7 Å². The lowest BCUT2D eigenvalue weighted by atomic mass is 9.96. The number of nitrogens with zero attached hydrogens (tertiary/aromatic N) is 4. The van der Waals surface area contributed by atoms with E-state index in [1.54, 1.807) is 29.9 Å². The number of hydrogen-bond acceptors (Lipinski definition) is 12. The van der Waals surface area contributed by atoms with E-state index in [9.17, 15) is 14.4 Å². The maximum atomic E-state index is 12.3. The molecule has 11 nitrogen and oxygen atoms in total. The van der Waals surface area contributed by atoms with Crippen molar-refractivity contribution < 1.29 is 33.3 Å². The maximum Gasteiger partial charge on any atom is 0.303 e. The Morgan fingerprint density at radius 3 is 2.31 bits per heavy atom. The van der Waals surface area contributed by atoms with Crippen molar-refractivity contribution in [1.82, 2.24) is 20.0 Å². The zero-order chi connectivity index (χ0) is 28.3. The van der Waals surface area contributed by atoms with Crippen LogP contribution in [0.2, 0.25) is 15.1 Å². The van der Waals surface area contributed by atoms with Gasteiger partial charge in [-0.1, -0.05) is 51.8 Å². The van der Waals surface area contributed by atoms with Crippen LogP contribution in [0.3, 0.4) is 0 Å². The van der Waals surface area contributed by atoms with Crippen molar-refractivity contribution in [3.63, 3.8) is 0 Å². The Balaban J connectivity index is 1.80. The number of thioether (sulfide) groups is 1. The van der Waals surface area contributed by atoms with Gasteiger partial charge in [-0.15, -0.1) is 16.4 Å². The summed E-state index contributed by atoms with van der Waals surface area (Å²) in [5.41, 5.74) is -0.469. The van der Waals surface area contributed by atoms with Crippen molar-refractivity contribution >= 4 is 75.8 Å². The van der Waals surface area contributed by atoms with Crippen LogP contribution < -0.4 is 0 Å². The van der Waals surface area contributed by atoms with Crippen molar-refractivity contribution in [2.24, 2.45) is 0 Å². The molecule has 0 saturated carbocycles. The monoisotopic (exact) mass is 634 g/mol. The fraction of sp³-hybridized carbons (Fsp3) is 0.391. The lowest BCUT2D eigenvalue weighted by molar-refractivity contribution is -0.212. The summed E-state index contributed by atoms with van der Waals surface area (Å²) in [6.45, 7) is 3.44. The standard InChI is InChI=1S/C23H21Cl3N4O7S2/c1-10(31)34-9-17-20(35-11(2)32)19(30-8-16(28-29-30)22-27-4-5-38-22)21(36-12(3)33)23(37-17)39-13-6-14(24)18(26)15(25)7-13/h4-8,17,19-21,23H,9H2,1-3H3/t17?,19-,20-,21?,23+/m0/s1. The minimum Gasteiger partial charge on any atom is -0.463 e. The van der Waals surface area contributed by atoms with E-state index in [1.165, 1.54) is 36.8 Å². The molecule has 39 heavy (non-hydrogen) atoms. The average molecular weight is 636 g/mol. The molecule has 2 aromatic heterocycles. The van der Waals surface area contributed by atoms with Gasteiger partial charge >= 0.3 is 17.9 Å². The molecule has 5 atom stereocenters. The number of rotatable bonds is 8. The van der Waals surface area contributed by atoms with Crippen molar-refractivity contribution in [1.29, 1.82) is 0 Å². The Kier molecular flexibility index (Phi) is 9.73. The van der Waals surface area contributed by atoms with Crippen molar-refractivity contribution in [3.8, 4) is 10.7 Å². The van der Waals surface area contributed by atoms with Crippen LogP contribution in [0.5, 0.6) is 0 Å². The van der Waals surface area contributed by atoms with Gasteiger partial charge in [-0.05, 0) is 12.1 Å². The Labute approximate surface area is 246 Å². The Morgan fingerprint density at radius 1 is 1.05 bits per heavy atom. The van der Waals surface area contributed by atoms with Gasteiger partial charge in [-0.2, -0.15) is 0 Å². The Hall–Kier alpha value is -2.42. The summed E-state index contributed by atoms with van der Waals surface area (Å²) in [4.78, 5) is 40.9. The highest BCUT2D eigenvalue weighted by molar-refractivity contribution is 7.99. The molecule has 0 bridgehead atoms. The van der Waals surface area contributed by atoms with Gasteiger partial charge in [-0.25, -0.2) is 9.67 Å². The minimum atomic E-state index is -1.09. The van der Waals surface area contributed by atoms with Crippen LogP contribution >= 0.6 is 57.9 Å². The number of aromatic nitrogens is 4. The summed E-state index contributed by atoms with van der Waals surface area (Å²) in [6, 6.07) is 2.22. The molecule has 1 aliphatic heterocycles. The number of benzene rings is 1. The van der Waals surface area contributed by atoms with Gasteiger partial charge in [0.25, 0.3) is 0 Å². The van der Waals surface area contributed by atoms with Gasteiger partial charge in [0.05, 0.1) is 21.3 Å². The molecule has 208 valence electrons. The van der Waals surface area contributed by atoms with Gasteiger partial charge in [0, 0.05) is 37.2 Å². The van der Waals surface area contributed by atoms with E-state index >= 15 is 0 Å². The molecule has 2 unspecified atom stereocenters. The third-order valence-corrected chi connectivity index (χ3v) is 8.46. The highest BCUT2D eigenvalue weighted by atomic mass is 35.5. The second-order valence-corrected chi connectivity index (χ2v) is 11.5. The van der Waals surface area contributed by atoms with E-state index in [2.05, 4.69) is 15.3 Å². The quantitative estimate of drug-likeness (QED) is 0.191. The molecule has 3 heterocycles. The minimum absolute atomic E-state index is 0.182. The molecule has 3 aromatic rings. The fourth-order valence-electron chi connectivity index (χ4n) is 3.88. The highest BCUT2D eigenvalue weighted by Gasteiger charge is 2.52. The number of carbonyl (C=O) groups is 3. The molecule has 0 spiro atoms. The normalized spacial score (nSPS) is 22.8. The van der Waals surface area contributed by atoms with Crippen LogP contribution in [0.4, 0.5) is 0 Å². The molecule has 1 aliphatic rings. The predicted octanol–water partition coefficient (Wildman–Crippen LogP) is 4.85. The zero-order valence-corrected chi connectivity index (χ0v) is 24.5. The average Bonchev–Trinajstić information content (AvgIpc) is 3.55. The van der Waals surface area contributed by atoms with Gasteiger partial charge in [0.1, 0.15) is 34.9 Å². The van der Waals surface area contributed by atoms with E-state index in [4.69, 9.17) is 53.8 Å². The van der Waals surface area contributed by atoms with Gasteiger partial charge in [-0.3, -0.25) is 14.4 Å². The lowest BCUT2D eigenvalue weighted by Gasteiger charge is -2.44. The fourth-order valence-corrected chi connectivity index (χ4v) is 6.38. The molecule has 0 N–H and O–H groups in total. The first kappa shape index (κ1) is 29.6. The van der Waals surface area contributed by atoms with Crippen LogP contribution in [-0.4, -0.2) is 68.2 Å². The summed E-state index contributed by atoms with van der Waals surface area (Å²) in [5.74, 6) is -1.82. The molecule has 16 heteroatoms. The molecule has 1 aromatic carbocycles.